The Morgan fingerprint density at radius 2 is 1.96 bits per heavy atom. The van der Waals surface area contributed by atoms with Gasteiger partial charge in [0.15, 0.2) is 0 Å². The molecule has 4 rings (SSSR count). The maximum atomic E-state index is 14.1. The molecule has 0 saturated carbocycles. The van der Waals surface area contributed by atoms with Crippen LogP contribution in [-0.4, -0.2) is 28.5 Å². The molecular formula is C18H15FN4. The quantitative estimate of drug-likeness (QED) is 0.807. The Kier molecular flexibility index (Phi) is 3.38. The normalized spacial score (nSPS) is 14.8. The van der Waals surface area contributed by atoms with E-state index in [1.54, 1.807) is 24.5 Å². The average Bonchev–Trinajstić information content (AvgIpc) is 3.24. The summed E-state index contributed by atoms with van der Waals surface area (Å²) >= 11 is 0. The molecular weight excluding hydrogens is 291 g/mol. The fraction of sp³-hybridized carbons (Fsp3) is 0.111. The van der Waals surface area contributed by atoms with E-state index >= 15 is 0 Å². The summed E-state index contributed by atoms with van der Waals surface area (Å²) in [6, 6.07) is 14.6. The molecule has 1 aromatic heterocycles. The number of amidine groups is 1. The standard InChI is InChI=1S/C18H15FN4/c19-14-6-2-1-5-13(14)11-17(18-20-9-10-21-18)23-12-22-15-7-3-4-8-16(15)23/h1-8,11-12H,9-10H2,(H,20,21)/b17-11-. The predicted molar refractivity (Wildman–Crippen MR) is 90.6 cm³/mol. The van der Waals surface area contributed by atoms with E-state index < -0.39 is 0 Å². The van der Waals surface area contributed by atoms with Crippen LogP contribution in [0.3, 0.4) is 0 Å². The van der Waals surface area contributed by atoms with Crippen molar-refractivity contribution in [2.45, 2.75) is 0 Å². The summed E-state index contributed by atoms with van der Waals surface area (Å²) in [5, 5.41) is 3.26. The molecule has 1 aliphatic rings. The SMILES string of the molecule is Fc1ccccc1/C=C(/C1=NCCN1)n1cnc2ccccc21. The van der Waals surface area contributed by atoms with Crippen LogP contribution in [0.25, 0.3) is 22.8 Å². The summed E-state index contributed by atoms with van der Waals surface area (Å²) in [6.07, 6.45) is 3.56. The molecule has 0 radical (unpaired) electrons. The van der Waals surface area contributed by atoms with Gasteiger partial charge in [-0.05, 0) is 24.3 Å². The highest BCUT2D eigenvalue weighted by atomic mass is 19.1. The molecule has 0 saturated heterocycles. The van der Waals surface area contributed by atoms with Gasteiger partial charge in [-0.2, -0.15) is 0 Å². The maximum absolute atomic E-state index is 14.1. The van der Waals surface area contributed by atoms with E-state index in [2.05, 4.69) is 15.3 Å². The van der Waals surface area contributed by atoms with Gasteiger partial charge in [0.1, 0.15) is 18.0 Å². The van der Waals surface area contributed by atoms with Crippen molar-refractivity contribution >= 4 is 28.6 Å². The molecule has 0 fully saturated rings. The van der Waals surface area contributed by atoms with Gasteiger partial charge in [-0.15, -0.1) is 0 Å². The minimum absolute atomic E-state index is 0.256. The Balaban J connectivity index is 1.91. The number of benzene rings is 2. The number of nitrogens with one attached hydrogen (secondary N) is 1. The third-order valence-corrected chi connectivity index (χ3v) is 3.83. The van der Waals surface area contributed by atoms with Crippen LogP contribution in [0.4, 0.5) is 4.39 Å². The zero-order valence-electron chi connectivity index (χ0n) is 12.4. The number of hydrogen-bond donors (Lipinski definition) is 1. The van der Waals surface area contributed by atoms with E-state index in [1.807, 2.05) is 34.9 Å². The highest BCUT2D eigenvalue weighted by molar-refractivity contribution is 6.23. The number of halogens is 1. The van der Waals surface area contributed by atoms with Crippen LogP contribution in [0.2, 0.25) is 0 Å². The second-order valence-corrected chi connectivity index (χ2v) is 5.31. The number of nitrogens with zero attached hydrogens (tertiary/aromatic N) is 3. The Morgan fingerprint density at radius 3 is 2.78 bits per heavy atom. The molecule has 0 aliphatic carbocycles. The predicted octanol–water partition coefficient (Wildman–Crippen LogP) is 3.18. The molecule has 4 nitrogen and oxygen atoms in total. The van der Waals surface area contributed by atoms with Gasteiger partial charge in [-0.3, -0.25) is 9.56 Å². The van der Waals surface area contributed by atoms with E-state index in [-0.39, 0.29) is 5.82 Å². The summed E-state index contributed by atoms with van der Waals surface area (Å²) in [7, 11) is 0. The van der Waals surface area contributed by atoms with Crippen molar-refractivity contribution in [3.63, 3.8) is 0 Å². The molecule has 1 aliphatic heterocycles. The first kappa shape index (κ1) is 13.7. The third kappa shape index (κ3) is 2.50. The van der Waals surface area contributed by atoms with Crippen molar-refractivity contribution in [1.82, 2.24) is 14.9 Å². The molecule has 0 atom stereocenters. The molecule has 2 heterocycles. The van der Waals surface area contributed by atoms with Gasteiger partial charge in [0.05, 0.1) is 23.3 Å². The minimum atomic E-state index is -0.256. The summed E-state index contributed by atoms with van der Waals surface area (Å²) in [6.45, 7) is 1.51. The van der Waals surface area contributed by atoms with Crippen LogP contribution >= 0.6 is 0 Å². The fourth-order valence-corrected chi connectivity index (χ4v) is 2.71. The lowest BCUT2D eigenvalue weighted by Gasteiger charge is -2.11. The van der Waals surface area contributed by atoms with Gasteiger partial charge in [-0.25, -0.2) is 9.37 Å². The lowest BCUT2D eigenvalue weighted by atomic mass is 10.1. The number of aromatic nitrogens is 2. The first-order chi connectivity index (χ1) is 11.3. The molecule has 23 heavy (non-hydrogen) atoms. The smallest absolute Gasteiger partial charge is 0.145 e. The van der Waals surface area contributed by atoms with Crippen LogP contribution in [-0.2, 0) is 0 Å². The Hall–Kier alpha value is -2.95. The molecule has 2 aromatic carbocycles. The molecule has 0 unspecified atom stereocenters. The summed E-state index contributed by atoms with van der Waals surface area (Å²) in [5.41, 5.74) is 3.18. The molecule has 114 valence electrons. The monoisotopic (exact) mass is 306 g/mol. The van der Waals surface area contributed by atoms with E-state index in [9.17, 15) is 4.39 Å². The molecule has 1 N–H and O–H groups in total. The van der Waals surface area contributed by atoms with Crippen LogP contribution in [0.15, 0.2) is 59.9 Å². The number of imidazole rings is 1. The molecule has 0 amide bonds. The molecule has 0 bridgehead atoms. The third-order valence-electron chi connectivity index (χ3n) is 3.83. The van der Waals surface area contributed by atoms with Crippen molar-refractivity contribution in [2.75, 3.05) is 13.1 Å². The van der Waals surface area contributed by atoms with Gasteiger partial charge in [0.25, 0.3) is 0 Å². The number of para-hydroxylation sites is 2. The van der Waals surface area contributed by atoms with Crippen LogP contribution in [0, 0.1) is 5.82 Å². The van der Waals surface area contributed by atoms with Gasteiger partial charge < -0.3 is 5.32 Å². The fourth-order valence-electron chi connectivity index (χ4n) is 2.71. The van der Waals surface area contributed by atoms with Crippen molar-refractivity contribution in [3.05, 3.63) is 66.2 Å². The van der Waals surface area contributed by atoms with E-state index in [0.29, 0.717) is 5.56 Å². The first-order valence-corrected chi connectivity index (χ1v) is 7.50. The Bertz CT molecular complexity index is 923. The number of aliphatic imine (C=N–C) groups is 1. The van der Waals surface area contributed by atoms with Crippen molar-refractivity contribution in [2.24, 2.45) is 4.99 Å². The lowest BCUT2D eigenvalue weighted by Crippen LogP contribution is -2.22. The zero-order valence-corrected chi connectivity index (χ0v) is 12.4. The van der Waals surface area contributed by atoms with E-state index in [0.717, 1.165) is 35.7 Å². The van der Waals surface area contributed by atoms with Crippen LogP contribution < -0.4 is 5.32 Å². The van der Waals surface area contributed by atoms with Crippen LogP contribution in [0.5, 0.6) is 0 Å². The Morgan fingerprint density at radius 1 is 1.13 bits per heavy atom. The van der Waals surface area contributed by atoms with Gasteiger partial charge >= 0.3 is 0 Å². The van der Waals surface area contributed by atoms with Crippen LogP contribution in [0.1, 0.15) is 5.56 Å². The van der Waals surface area contributed by atoms with Crippen molar-refractivity contribution < 1.29 is 4.39 Å². The maximum Gasteiger partial charge on any atom is 0.145 e. The highest BCUT2D eigenvalue weighted by Gasteiger charge is 2.16. The zero-order chi connectivity index (χ0) is 15.6. The summed E-state index contributed by atoms with van der Waals surface area (Å²) < 4.78 is 16.0. The van der Waals surface area contributed by atoms with E-state index in [4.69, 9.17) is 0 Å². The van der Waals surface area contributed by atoms with E-state index in [1.165, 1.54) is 6.07 Å². The molecule has 5 heteroatoms. The first-order valence-electron chi connectivity index (χ1n) is 7.50. The van der Waals surface area contributed by atoms with Crippen molar-refractivity contribution in [3.8, 4) is 0 Å². The van der Waals surface area contributed by atoms with Gasteiger partial charge in [0.2, 0.25) is 0 Å². The number of hydrogen-bond acceptors (Lipinski definition) is 3. The molecule has 0 spiro atoms. The number of rotatable bonds is 3. The topological polar surface area (TPSA) is 42.2 Å². The number of fused-ring (bicyclic) bond motifs is 1. The minimum Gasteiger partial charge on any atom is -0.367 e. The second kappa shape index (κ2) is 5.68. The molecule has 3 aromatic rings. The lowest BCUT2D eigenvalue weighted by molar-refractivity contribution is 0.625. The summed E-state index contributed by atoms with van der Waals surface area (Å²) in [4.78, 5) is 8.91. The van der Waals surface area contributed by atoms with Gasteiger partial charge in [0, 0.05) is 12.1 Å². The average molecular weight is 306 g/mol. The largest absolute Gasteiger partial charge is 0.367 e. The second-order valence-electron chi connectivity index (χ2n) is 5.31. The summed E-state index contributed by atoms with van der Waals surface area (Å²) in [5.74, 6) is 0.504. The van der Waals surface area contributed by atoms with Crippen molar-refractivity contribution in [1.29, 1.82) is 0 Å². The highest BCUT2D eigenvalue weighted by Crippen LogP contribution is 2.21. The Labute approximate surface area is 133 Å². The van der Waals surface area contributed by atoms with Gasteiger partial charge in [-0.1, -0.05) is 30.3 Å².